The van der Waals surface area contributed by atoms with Crippen LogP contribution in [0.4, 0.5) is 0 Å². The number of cyclic esters (lactones) is 1. The molecule has 0 radical (unpaired) electrons. The second kappa shape index (κ2) is 9.16. The minimum atomic E-state index is -2.28. The maximum Gasteiger partial charge on any atom is 0.328 e. The first kappa shape index (κ1) is 26.8. The van der Waals surface area contributed by atoms with Crippen LogP contribution in [-0.2, 0) is 16.0 Å². The third kappa shape index (κ3) is 3.88. The van der Waals surface area contributed by atoms with E-state index in [1.54, 1.807) is 21.3 Å². The molecule has 38 heavy (non-hydrogen) atoms. The van der Waals surface area contributed by atoms with Crippen LogP contribution in [0.3, 0.4) is 0 Å². The quantitative estimate of drug-likeness (QED) is 0.253. The number of carbonyl (C=O) groups excluding carboxylic acids is 1. The highest BCUT2D eigenvalue weighted by molar-refractivity contribution is 6.74. The molecule has 0 aromatic heterocycles. The molecule has 206 valence electrons. The van der Waals surface area contributed by atoms with Crippen molar-refractivity contribution in [3.8, 4) is 34.5 Å². The molecule has 0 N–H and O–H groups in total. The highest BCUT2D eigenvalue weighted by atomic mass is 35.5. The van der Waals surface area contributed by atoms with Crippen molar-refractivity contribution in [2.45, 2.75) is 56.1 Å². The van der Waals surface area contributed by atoms with E-state index in [4.69, 9.17) is 44.4 Å². The molecule has 2 aliphatic heterocycles. The zero-order valence-corrected chi connectivity index (χ0v) is 24.9. The predicted molar refractivity (Wildman–Crippen MR) is 145 cm³/mol. The number of hydrogen-bond donors (Lipinski definition) is 0. The highest BCUT2D eigenvalue weighted by Crippen LogP contribution is 2.60. The summed E-state index contributed by atoms with van der Waals surface area (Å²) < 4.78 is 41.2. The van der Waals surface area contributed by atoms with Gasteiger partial charge in [0.15, 0.2) is 27.9 Å². The fourth-order valence-corrected chi connectivity index (χ4v) is 6.82. The molecule has 2 aromatic carbocycles. The van der Waals surface area contributed by atoms with E-state index in [1.165, 1.54) is 0 Å². The van der Waals surface area contributed by atoms with Gasteiger partial charge in [-0.1, -0.05) is 20.8 Å². The number of carbonyl (C=O) groups is 1. The minimum Gasteiger partial charge on any atom is -0.541 e. The van der Waals surface area contributed by atoms with Crippen molar-refractivity contribution in [3.05, 3.63) is 34.9 Å². The zero-order chi connectivity index (χ0) is 27.6. The first-order valence-electron chi connectivity index (χ1n) is 12.7. The molecule has 1 aliphatic carbocycles. The number of fused-ring (bicyclic) bond motifs is 3. The Hall–Kier alpha value is -2.78. The van der Waals surface area contributed by atoms with Crippen LogP contribution >= 0.6 is 11.6 Å². The van der Waals surface area contributed by atoms with Gasteiger partial charge in [-0.2, -0.15) is 0 Å². The first-order valence-corrected chi connectivity index (χ1v) is 16.0. The summed E-state index contributed by atoms with van der Waals surface area (Å²) in [6, 6.07) is 5.61. The lowest BCUT2D eigenvalue weighted by molar-refractivity contribution is -0.140. The van der Waals surface area contributed by atoms with E-state index < -0.39 is 25.1 Å². The standard InChI is InChI=1S/C28H35ClO8Si/c1-27(2,3)38(7,8)37-23-18-11-16-13-34-26(30)28(16,29)22(17(18)12-21-25(23)36-14-35-21)15-9-19(31-4)24(33-6)20(10-15)32-5/h9-10,12,16,22H,11,13-14H2,1-8H3/t16-,22+,28+/m0/s1. The Labute approximate surface area is 229 Å². The van der Waals surface area contributed by atoms with E-state index in [2.05, 4.69) is 33.9 Å². The van der Waals surface area contributed by atoms with Gasteiger partial charge >= 0.3 is 5.97 Å². The molecule has 1 saturated heterocycles. The normalized spacial score (nSPS) is 23.9. The number of alkyl halides is 1. The summed E-state index contributed by atoms with van der Waals surface area (Å²) in [6.45, 7) is 11.3. The Morgan fingerprint density at radius 1 is 0.974 bits per heavy atom. The van der Waals surface area contributed by atoms with Crippen molar-refractivity contribution >= 4 is 25.9 Å². The van der Waals surface area contributed by atoms with Gasteiger partial charge in [0, 0.05) is 17.4 Å². The first-order chi connectivity index (χ1) is 17.9. The number of hydrogen-bond acceptors (Lipinski definition) is 8. The molecule has 1 fully saturated rings. The number of rotatable bonds is 6. The minimum absolute atomic E-state index is 0.0461. The number of methoxy groups -OCH3 is 3. The number of ether oxygens (including phenoxy) is 6. The van der Waals surface area contributed by atoms with Crippen LogP contribution in [0.15, 0.2) is 18.2 Å². The lowest BCUT2D eigenvalue weighted by Crippen LogP contribution is -2.47. The number of benzene rings is 2. The molecule has 5 rings (SSSR count). The maximum atomic E-state index is 13.3. The lowest BCUT2D eigenvalue weighted by Gasteiger charge is -2.42. The topological polar surface area (TPSA) is 81.7 Å². The highest BCUT2D eigenvalue weighted by Gasteiger charge is 2.61. The average Bonchev–Trinajstić information content (AvgIpc) is 3.45. The van der Waals surface area contributed by atoms with Gasteiger partial charge < -0.3 is 32.8 Å². The second-order valence-electron chi connectivity index (χ2n) is 11.5. The van der Waals surface area contributed by atoms with E-state index in [0.29, 0.717) is 40.9 Å². The molecular weight excluding hydrogens is 528 g/mol. The Morgan fingerprint density at radius 2 is 1.63 bits per heavy atom. The Balaban J connectivity index is 1.79. The van der Waals surface area contributed by atoms with E-state index in [-0.39, 0.29) is 24.4 Å². The van der Waals surface area contributed by atoms with Gasteiger partial charge in [0.25, 0.3) is 8.32 Å². The molecular formula is C28H35ClO8Si. The Kier molecular flexibility index (Phi) is 6.46. The SMILES string of the molecule is COc1cc([C@@H]2c3cc4c(c(O[Si](C)(C)C(C)(C)C)c3C[C@H]3COC(=O)[C@@]32Cl)OCO4)cc(OC)c1OC. The molecule has 0 unspecified atom stereocenters. The smallest absolute Gasteiger partial charge is 0.328 e. The van der Waals surface area contributed by atoms with E-state index in [9.17, 15) is 4.79 Å². The number of esters is 1. The maximum absolute atomic E-state index is 13.3. The third-order valence-electron chi connectivity index (χ3n) is 8.44. The van der Waals surface area contributed by atoms with Gasteiger partial charge in [0.1, 0.15) is 0 Å². The summed E-state index contributed by atoms with van der Waals surface area (Å²) in [5.74, 6) is 1.91. The van der Waals surface area contributed by atoms with Gasteiger partial charge in [-0.3, -0.25) is 4.79 Å². The van der Waals surface area contributed by atoms with Gasteiger partial charge in [-0.15, -0.1) is 11.6 Å². The molecule has 2 aromatic rings. The van der Waals surface area contributed by atoms with Crippen molar-refractivity contribution in [1.29, 1.82) is 0 Å². The molecule has 0 bridgehead atoms. The summed E-state index contributed by atoms with van der Waals surface area (Å²) in [5.41, 5.74) is 2.52. The van der Waals surface area contributed by atoms with Gasteiger partial charge in [0.05, 0.1) is 27.9 Å². The second-order valence-corrected chi connectivity index (χ2v) is 16.9. The lowest BCUT2D eigenvalue weighted by atomic mass is 9.66. The Bertz CT molecular complexity index is 1260. The fraction of sp³-hybridized carbons (Fsp3) is 0.536. The van der Waals surface area contributed by atoms with Crippen LogP contribution in [0.2, 0.25) is 18.1 Å². The van der Waals surface area contributed by atoms with Crippen LogP contribution in [0.25, 0.3) is 0 Å². The summed E-state index contributed by atoms with van der Waals surface area (Å²) >= 11 is 7.33. The van der Waals surface area contributed by atoms with Crippen LogP contribution in [0.1, 0.15) is 43.4 Å². The van der Waals surface area contributed by atoms with E-state index in [1.807, 2.05) is 18.2 Å². The predicted octanol–water partition coefficient (Wildman–Crippen LogP) is 5.66. The molecule has 0 amide bonds. The van der Waals surface area contributed by atoms with Crippen LogP contribution in [-0.4, -0.2) is 53.9 Å². The van der Waals surface area contributed by atoms with Gasteiger partial charge in [-0.05, 0) is 53.9 Å². The van der Waals surface area contributed by atoms with Crippen molar-refractivity contribution < 1.29 is 37.6 Å². The van der Waals surface area contributed by atoms with E-state index in [0.717, 1.165) is 16.7 Å². The number of halogens is 1. The summed E-state index contributed by atoms with van der Waals surface area (Å²) in [5, 5.41) is -0.0461. The average molecular weight is 563 g/mol. The molecule has 8 nitrogen and oxygen atoms in total. The van der Waals surface area contributed by atoms with E-state index >= 15 is 0 Å². The van der Waals surface area contributed by atoms with Crippen LogP contribution < -0.4 is 28.1 Å². The molecule has 3 atom stereocenters. The summed E-state index contributed by atoms with van der Waals surface area (Å²) in [4.78, 5) is 12.0. The molecule has 10 heteroatoms. The fourth-order valence-electron chi connectivity index (χ4n) is 5.35. The molecule has 3 aliphatic rings. The third-order valence-corrected chi connectivity index (χ3v) is 13.5. The molecule has 2 heterocycles. The van der Waals surface area contributed by atoms with Crippen molar-refractivity contribution in [2.24, 2.45) is 5.92 Å². The van der Waals surface area contributed by atoms with Crippen molar-refractivity contribution in [3.63, 3.8) is 0 Å². The van der Waals surface area contributed by atoms with Crippen LogP contribution in [0.5, 0.6) is 34.5 Å². The summed E-state index contributed by atoms with van der Waals surface area (Å²) in [6.07, 6.45) is 0.506. The van der Waals surface area contributed by atoms with Crippen molar-refractivity contribution in [2.75, 3.05) is 34.7 Å². The van der Waals surface area contributed by atoms with Crippen molar-refractivity contribution in [1.82, 2.24) is 0 Å². The Morgan fingerprint density at radius 3 is 2.21 bits per heavy atom. The molecule has 0 spiro atoms. The van der Waals surface area contributed by atoms with Gasteiger partial charge in [0.2, 0.25) is 18.3 Å². The molecule has 0 saturated carbocycles. The zero-order valence-electron chi connectivity index (χ0n) is 23.2. The summed E-state index contributed by atoms with van der Waals surface area (Å²) in [7, 11) is 2.39. The van der Waals surface area contributed by atoms with Crippen LogP contribution in [0, 0.1) is 5.92 Å². The van der Waals surface area contributed by atoms with Gasteiger partial charge in [-0.25, -0.2) is 0 Å². The largest absolute Gasteiger partial charge is 0.541 e. The monoisotopic (exact) mass is 562 g/mol.